The fourth-order valence-corrected chi connectivity index (χ4v) is 2.68. The Morgan fingerprint density at radius 3 is 2.90 bits per heavy atom. The summed E-state index contributed by atoms with van der Waals surface area (Å²) in [6.45, 7) is 7.19. The van der Waals surface area contributed by atoms with Gasteiger partial charge in [0.15, 0.2) is 0 Å². The Labute approximate surface area is 129 Å². The minimum atomic E-state index is 0.773. The van der Waals surface area contributed by atoms with E-state index in [0.29, 0.717) is 0 Å². The van der Waals surface area contributed by atoms with Gasteiger partial charge in [-0.15, -0.1) is 0 Å². The summed E-state index contributed by atoms with van der Waals surface area (Å²) in [5, 5.41) is 3.42. The van der Waals surface area contributed by atoms with E-state index in [-0.39, 0.29) is 0 Å². The first-order valence-electron chi connectivity index (χ1n) is 8.39. The minimum Gasteiger partial charge on any atom is -0.492 e. The van der Waals surface area contributed by atoms with Crippen molar-refractivity contribution in [3.63, 3.8) is 0 Å². The van der Waals surface area contributed by atoms with E-state index in [1.54, 1.807) is 0 Å². The number of hydrogen-bond donors (Lipinski definition) is 1. The number of nitrogens with one attached hydrogen (secondary N) is 1. The van der Waals surface area contributed by atoms with Crippen molar-refractivity contribution in [3.8, 4) is 5.75 Å². The van der Waals surface area contributed by atoms with Crippen LogP contribution in [-0.4, -0.2) is 38.2 Å². The van der Waals surface area contributed by atoms with Gasteiger partial charge in [0.05, 0.1) is 0 Å². The van der Waals surface area contributed by atoms with Crippen LogP contribution in [0.5, 0.6) is 5.75 Å². The molecular formula is C18H30N2O. The molecule has 118 valence electrons. The van der Waals surface area contributed by atoms with Crippen LogP contribution in [0, 0.1) is 5.92 Å². The van der Waals surface area contributed by atoms with Crippen LogP contribution in [0.3, 0.4) is 0 Å². The van der Waals surface area contributed by atoms with Crippen LogP contribution >= 0.6 is 0 Å². The normalized spacial score (nSPS) is 15.2. The second-order valence-corrected chi connectivity index (χ2v) is 6.23. The zero-order valence-electron chi connectivity index (χ0n) is 13.6. The van der Waals surface area contributed by atoms with E-state index < -0.39 is 0 Å². The third-order valence-corrected chi connectivity index (χ3v) is 4.19. The zero-order valence-corrected chi connectivity index (χ0v) is 13.6. The van der Waals surface area contributed by atoms with Crippen LogP contribution in [0.1, 0.15) is 38.2 Å². The van der Waals surface area contributed by atoms with Crippen molar-refractivity contribution in [2.45, 2.75) is 39.2 Å². The molecule has 1 aliphatic carbocycles. The molecule has 0 radical (unpaired) electrons. The monoisotopic (exact) mass is 290 g/mol. The van der Waals surface area contributed by atoms with Crippen LogP contribution in [0.25, 0.3) is 0 Å². The predicted molar refractivity (Wildman–Crippen MR) is 88.8 cm³/mol. The zero-order chi connectivity index (χ0) is 14.9. The van der Waals surface area contributed by atoms with E-state index in [1.807, 2.05) is 0 Å². The number of benzene rings is 1. The van der Waals surface area contributed by atoms with Crippen LogP contribution in [0.15, 0.2) is 24.3 Å². The first-order valence-corrected chi connectivity index (χ1v) is 8.39. The summed E-state index contributed by atoms with van der Waals surface area (Å²) in [4.78, 5) is 2.40. The molecule has 2 rings (SSSR count). The van der Waals surface area contributed by atoms with Gasteiger partial charge in [-0.05, 0) is 56.5 Å². The molecule has 1 fully saturated rings. The van der Waals surface area contributed by atoms with E-state index in [9.17, 15) is 0 Å². The molecule has 0 atom stereocenters. The molecule has 0 bridgehead atoms. The van der Waals surface area contributed by atoms with Gasteiger partial charge in [-0.25, -0.2) is 0 Å². The van der Waals surface area contributed by atoms with Gasteiger partial charge in [-0.1, -0.05) is 25.5 Å². The second-order valence-electron chi connectivity index (χ2n) is 6.23. The molecule has 1 aliphatic rings. The summed E-state index contributed by atoms with van der Waals surface area (Å²) in [5.41, 5.74) is 1.30. The van der Waals surface area contributed by atoms with Gasteiger partial charge in [0.2, 0.25) is 0 Å². The Morgan fingerprint density at radius 2 is 2.19 bits per heavy atom. The number of nitrogens with zero attached hydrogens (tertiary/aromatic N) is 1. The lowest BCUT2D eigenvalue weighted by Crippen LogP contribution is -2.32. The van der Waals surface area contributed by atoms with Crippen LogP contribution in [0.4, 0.5) is 0 Å². The highest BCUT2D eigenvalue weighted by Gasteiger charge is 2.18. The van der Waals surface area contributed by atoms with Gasteiger partial charge >= 0.3 is 0 Å². The molecule has 1 aromatic rings. The van der Waals surface area contributed by atoms with Crippen molar-refractivity contribution in [3.05, 3.63) is 29.8 Å². The molecule has 1 N–H and O–H groups in total. The molecule has 1 aromatic carbocycles. The molecule has 0 aliphatic heterocycles. The summed E-state index contributed by atoms with van der Waals surface area (Å²) >= 11 is 0. The highest BCUT2D eigenvalue weighted by atomic mass is 16.5. The molecule has 0 unspecified atom stereocenters. The van der Waals surface area contributed by atoms with E-state index >= 15 is 0 Å². The van der Waals surface area contributed by atoms with Crippen molar-refractivity contribution in [2.75, 3.05) is 33.3 Å². The Balaban J connectivity index is 1.65. The second kappa shape index (κ2) is 9.06. The predicted octanol–water partition coefficient (Wildman–Crippen LogP) is 3.30. The Morgan fingerprint density at radius 1 is 1.33 bits per heavy atom. The molecule has 0 saturated heterocycles. The minimum absolute atomic E-state index is 0.773. The quantitative estimate of drug-likeness (QED) is 0.669. The summed E-state index contributed by atoms with van der Waals surface area (Å²) in [7, 11) is 2.20. The maximum absolute atomic E-state index is 5.89. The number of likely N-dealkylation sites (N-methyl/N-ethyl adjacent to an activating group) is 1. The fourth-order valence-electron chi connectivity index (χ4n) is 2.68. The standard InChI is InChI=1S/C18H30N2O/c1-3-10-19-14-17-8-5-9-18(13-17)21-12-11-20(2)15-16-6-4-7-16/h5,8-9,13,16,19H,3-4,6-7,10-12,14-15H2,1-2H3. The molecule has 1 saturated carbocycles. The van der Waals surface area contributed by atoms with Crippen molar-refractivity contribution < 1.29 is 4.74 Å². The Bertz CT molecular complexity index is 404. The Hall–Kier alpha value is -1.06. The van der Waals surface area contributed by atoms with Crippen molar-refractivity contribution in [1.29, 1.82) is 0 Å². The highest BCUT2D eigenvalue weighted by molar-refractivity contribution is 5.28. The van der Waals surface area contributed by atoms with Crippen LogP contribution in [-0.2, 0) is 6.54 Å². The van der Waals surface area contributed by atoms with Crippen LogP contribution in [0.2, 0.25) is 0 Å². The molecule has 0 amide bonds. The molecule has 21 heavy (non-hydrogen) atoms. The molecule has 3 heteroatoms. The number of hydrogen-bond acceptors (Lipinski definition) is 3. The van der Waals surface area contributed by atoms with Crippen molar-refractivity contribution >= 4 is 0 Å². The summed E-state index contributed by atoms with van der Waals surface area (Å²) in [6.07, 6.45) is 5.42. The highest BCUT2D eigenvalue weighted by Crippen LogP contribution is 2.26. The first kappa shape index (κ1) is 16.3. The maximum atomic E-state index is 5.89. The lowest BCUT2D eigenvalue weighted by atomic mass is 9.85. The fraction of sp³-hybridized carbons (Fsp3) is 0.667. The molecule has 0 aromatic heterocycles. The van der Waals surface area contributed by atoms with Gasteiger partial charge in [0, 0.05) is 19.6 Å². The van der Waals surface area contributed by atoms with E-state index in [0.717, 1.165) is 37.9 Å². The number of rotatable bonds is 10. The molecule has 0 spiro atoms. The van der Waals surface area contributed by atoms with E-state index in [2.05, 4.69) is 48.5 Å². The van der Waals surface area contributed by atoms with Gasteiger partial charge < -0.3 is 15.0 Å². The van der Waals surface area contributed by atoms with Gasteiger partial charge in [0.25, 0.3) is 0 Å². The average Bonchev–Trinajstić information content (AvgIpc) is 2.44. The maximum Gasteiger partial charge on any atom is 0.119 e. The molecule has 0 heterocycles. The summed E-state index contributed by atoms with van der Waals surface area (Å²) in [6, 6.07) is 8.43. The van der Waals surface area contributed by atoms with Gasteiger partial charge in [0.1, 0.15) is 12.4 Å². The van der Waals surface area contributed by atoms with E-state index in [4.69, 9.17) is 4.74 Å². The summed E-state index contributed by atoms with van der Waals surface area (Å²) < 4.78 is 5.89. The largest absolute Gasteiger partial charge is 0.492 e. The molecule has 3 nitrogen and oxygen atoms in total. The van der Waals surface area contributed by atoms with Gasteiger partial charge in [-0.3, -0.25) is 0 Å². The Kier molecular flexibility index (Phi) is 7.04. The molecular weight excluding hydrogens is 260 g/mol. The van der Waals surface area contributed by atoms with Crippen molar-refractivity contribution in [2.24, 2.45) is 5.92 Å². The van der Waals surface area contributed by atoms with E-state index in [1.165, 1.54) is 37.8 Å². The smallest absolute Gasteiger partial charge is 0.119 e. The number of ether oxygens (including phenoxy) is 1. The third kappa shape index (κ3) is 6.06. The SMILES string of the molecule is CCCNCc1cccc(OCCN(C)CC2CCC2)c1. The summed E-state index contributed by atoms with van der Waals surface area (Å²) in [5.74, 6) is 1.92. The van der Waals surface area contributed by atoms with Crippen LogP contribution < -0.4 is 10.1 Å². The lowest BCUT2D eigenvalue weighted by Gasteiger charge is -2.30. The lowest BCUT2D eigenvalue weighted by molar-refractivity contribution is 0.177. The van der Waals surface area contributed by atoms with Gasteiger partial charge in [-0.2, -0.15) is 0 Å². The third-order valence-electron chi connectivity index (χ3n) is 4.19. The van der Waals surface area contributed by atoms with Crippen molar-refractivity contribution in [1.82, 2.24) is 10.2 Å². The topological polar surface area (TPSA) is 24.5 Å². The first-order chi connectivity index (χ1) is 10.3. The average molecular weight is 290 g/mol.